The molecule has 2 heterocycles. The van der Waals surface area contributed by atoms with E-state index in [1.54, 1.807) is 0 Å². The van der Waals surface area contributed by atoms with Gasteiger partial charge in [0.15, 0.2) is 0 Å². The average Bonchev–Trinajstić information content (AvgIpc) is 3.72. The molecule has 2 heteroatoms. The van der Waals surface area contributed by atoms with Crippen LogP contribution in [0.3, 0.4) is 0 Å². The first-order valence-corrected chi connectivity index (χ1v) is 15.7. The topological polar surface area (TPSA) is 18.1 Å². The lowest BCUT2D eigenvalue weighted by Gasteiger charge is -2.22. The van der Waals surface area contributed by atoms with Crippen LogP contribution >= 0.6 is 0 Å². The fourth-order valence-electron chi connectivity index (χ4n) is 8.14. The van der Waals surface area contributed by atoms with Crippen LogP contribution < -0.4 is 0 Å². The minimum Gasteiger partial charge on any atom is -0.455 e. The van der Waals surface area contributed by atoms with Crippen LogP contribution in [0.5, 0.6) is 0 Å². The summed E-state index contributed by atoms with van der Waals surface area (Å²) in [5.74, 6) is 0. The molecule has 2 aromatic heterocycles. The monoisotopic (exact) mass is 575 g/mol. The molecule has 1 aliphatic rings. The predicted octanol–water partition coefficient (Wildman–Crippen LogP) is 11.8. The van der Waals surface area contributed by atoms with E-state index in [-0.39, 0.29) is 5.41 Å². The minimum absolute atomic E-state index is 0.0641. The van der Waals surface area contributed by atoms with Crippen molar-refractivity contribution in [1.29, 1.82) is 0 Å². The highest BCUT2D eigenvalue weighted by atomic mass is 16.3. The Hall–Kier alpha value is -5.60. The summed E-state index contributed by atoms with van der Waals surface area (Å²) in [5.41, 5.74) is 13.1. The van der Waals surface area contributed by atoms with Crippen LogP contribution in [0, 0.1) is 0 Å². The number of hydrogen-bond acceptors (Lipinski definition) is 1. The van der Waals surface area contributed by atoms with E-state index < -0.39 is 0 Å². The summed E-state index contributed by atoms with van der Waals surface area (Å²) in [6.07, 6.45) is 0. The maximum absolute atomic E-state index is 7.14. The number of aromatic nitrogens is 1. The Labute approximate surface area is 260 Å². The van der Waals surface area contributed by atoms with Gasteiger partial charge in [0.25, 0.3) is 0 Å². The van der Waals surface area contributed by atoms with Crippen LogP contribution in [-0.4, -0.2) is 4.57 Å². The summed E-state index contributed by atoms with van der Waals surface area (Å²) >= 11 is 0. The highest BCUT2D eigenvalue weighted by Crippen LogP contribution is 2.51. The number of nitrogens with zero attached hydrogens (tertiary/aromatic N) is 1. The Morgan fingerprint density at radius 1 is 0.489 bits per heavy atom. The number of para-hydroxylation sites is 3. The van der Waals surface area contributed by atoms with E-state index >= 15 is 0 Å². The van der Waals surface area contributed by atoms with Crippen molar-refractivity contribution in [3.05, 3.63) is 151 Å². The molecule has 0 radical (unpaired) electrons. The second-order valence-electron chi connectivity index (χ2n) is 12.9. The largest absolute Gasteiger partial charge is 0.455 e. The van der Waals surface area contributed by atoms with Gasteiger partial charge in [-0.25, -0.2) is 0 Å². The van der Waals surface area contributed by atoms with Gasteiger partial charge in [-0.15, -0.1) is 0 Å². The molecule has 0 amide bonds. The summed E-state index contributed by atoms with van der Waals surface area (Å²) in [5, 5.41) is 7.13. The van der Waals surface area contributed by atoms with Crippen molar-refractivity contribution in [1.82, 2.24) is 4.57 Å². The fraction of sp³-hybridized carbons (Fsp3) is 0.0698. The zero-order valence-electron chi connectivity index (χ0n) is 25.1. The van der Waals surface area contributed by atoms with Gasteiger partial charge >= 0.3 is 0 Å². The van der Waals surface area contributed by atoms with Crippen LogP contribution in [0.2, 0.25) is 0 Å². The molecule has 7 aromatic carbocycles. The van der Waals surface area contributed by atoms with Gasteiger partial charge in [-0.05, 0) is 57.5 Å². The van der Waals surface area contributed by atoms with Crippen molar-refractivity contribution in [2.75, 3.05) is 0 Å². The SMILES string of the molecule is CC1(C)c2ccccc2-c2ccc(-c3cccc4c3oc3c4c4ccccc4c4c3c3ccccc3n4-c3ccccc3)cc21. The van der Waals surface area contributed by atoms with Crippen LogP contribution in [0.4, 0.5) is 0 Å². The quantitative estimate of drug-likeness (QED) is 0.200. The average molecular weight is 576 g/mol. The second kappa shape index (κ2) is 8.74. The van der Waals surface area contributed by atoms with Crippen LogP contribution in [-0.2, 0) is 5.41 Å². The lowest BCUT2D eigenvalue weighted by molar-refractivity contribution is 0.660. The lowest BCUT2D eigenvalue weighted by atomic mass is 9.81. The first-order valence-electron chi connectivity index (χ1n) is 15.7. The van der Waals surface area contributed by atoms with Crippen LogP contribution in [0.1, 0.15) is 25.0 Å². The van der Waals surface area contributed by atoms with Crippen molar-refractivity contribution in [2.45, 2.75) is 19.3 Å². The number of rotatable bonds is 2. The van der Waals surface area contributed by atoms with Crippen LogP contribution in [0.25, 0.3) is 82.5 Å². The minimum atomic E-state index is -0.0641. The van der Waals surface area contributed by atoms with E-state index in [9.17, 15) is 0 Å². The standard InChI is InChI=1S/C43H29NO/c1-43(2)35-21-10-8-15-29(35)30-24-23-26(25-36(30)43)28-19-12-20-34-38-31-16-6-7-17-32(31)40-39(42(38)45-41(28)34)33-18-9-11-22-37(33)44(40)27-13-4-3-5-14-27/h3-25H,1-2H3. The normalized spacial score (nSPS) is 13.7. The summed E-state index contributed by atoms with van der Waals surface area (Å²) < 4.78 is 9.54. The Bertz CT molecular complexity index is 2670. The highest BCUT2D eigenvalue weighted by Gasteiger charge is 2.35. The molecule has 0 atom stereocenters. The molecule has 212 valence electrons. The first kappa shape index (κ1) is 24.8. The summed E-state index contributed by atoms with van der Waals surface area (Å²) in [7, 11) is 0. The Balaban J connectivity index is 1.33. The van der Waals surface area contributed by atoms with Gasteiger partial charge in [0.2, 0.25) is 0 Å². The highest BCUT2D eigenvalue weighted by molar-refractivity contribution is 6.35. The molecular weight excluding hydrogens is 546 g/mol. The molecule has 0 fully saturated rings. The van der Waals surface area contributed by atoms with E-state index in [0.717, 1.165) is 33.2 Å². The predicted molar refractivity (Wildman–Crippen MR) is 189 cm³/mol. The molecular formula is C43H29NO. The molecule has 0 N–H and O–H groups in total. The number of hydrogen-bond donors (Lipinski definition) is 0. The van der Waals surface area contributed by atoms with Gasteiger partial charge in [0, 0.05) is 38.2 Å². The van der Waals surface area contributed by atoms with Gasteiger partial charge < -0.3 is 8.98 Å². The Kier molecular flexibility index (Phi) is 4.82. The zero-order chi connectivity index (χ0) is 29.9. The third-order valence-electron chi connectivity index (χ3n) is 10.2. The molecule has 0 spiro atoms. The van der Waals surface area contributed by atoms with E-state index in [1.165, 1.54) is 60.4 Å². The molecule has 0 saturated heterocycles. The number of benzene rings is 7. The van der Waals surface area contributed by atoms with Crippen molar-refractivity contribution < 1.29 is 4.42 Å². The van der Waals surface area contributed by atoms with Crippen molar-refractivity contribution in [3.8, 4) is 27.9 Å². The first-order chi connectivity index (χ1) is 22.1. The maximum atomic E-state index is 7.14. The number of furan rings is 1. The van der Waals surface area contributed by atoms with Crippen molar-refractivity contribution >= 4 is 54.5 Å². The second-order valence-corrected chi connectivity index (χ2v) is 12.9. The van der Waals surface area contributed by atoms with E-state index in [0.29, 0.717) is 0 Å². The third-order valence-corrected chi connectivity index (χ3v) is 10.2. The van der Waals surface area contributed by atoms with E-state index in [2.05, 4.69) is 158 Å². The van der Waals surface area contributed by atoms with Crippen molar-refractivity contribution in [2.24, 2.45) is 0 Å². The smallest absolute Gasteiger partial charge is 0.146 e. The summed E-state index contributed by atoms with van der Waals surface area (Å²) in [6, 6.07) is 50.6. The Morgan fingerprint density at radius 3 is 2.02 bits per heavy atom. The van der Waals surface area contributed by atoms with Gasteiger partial charge in [0.1, 0.15) is 11.2 Å². The molecule has 9 aromatic rings. The fourth-order valence-corrected chi connectivity index (χ4v) is 8.14. The van der Waals surface area contributed by atoms with Gasteiger partial charge in [-0.2, -0.15) is 0 Å². The lowest BCUT2D eigenvalue weighted by Crippen LogP contribution is -2.14. The molecule has 0 saturated carbocycles. The van der Waals surface area contributed by atoms with Crippen LogP contribution in [0.15, 0.2) is 144 Å². The third kappa shape index (κ3) is 3.18. The van der Waals surface area contributed by atoms with Gasteiger partial charge in [-0.3, -0.25) is 0 Å². The molecule has 1 aliphatic carbocycles. The van der Waals surface area contributed by atoms with Gasteiger partial charge in [-0.1, -0.05) is 129 Å². The van der Waals surface area contributed by atoms with E-state index in [1.807, 2.05) is 0 Å². The molecule has 2 nitrogen and oxygen atoms in total. The molecule has 0 bridgehead atoms. The Morgan fingerprint density at radius 2 is 1.16 bits per heavy atom. The van der Waals surface area contributed by atoms with Crippen molar-refractivity contribution in [3.63, 3.8) is 0 Å². The summed E-state index contributed by atoms with van der Waals surface area (Å²) in [4.78, 5) is 0. The molecule has 0 unspecified atom stereocenters. The number of fused-ring (bicyclic) bond motifs is 13. The molecule has 10 rings (SSSR count). The van der Waals surface area contributed by atoms with Gasteiger partial charge in [0.05, 0.1) is 16.4 Å². The molecule has 45 heavy (non-hydrogen) atoms. The zero-order valence-corrected chi connectivity index (χ0v) is 25.1. The molecule has 0 aliphatic heterocycles. The summed E-state index contributed by atoms with van der Waals surface area (Å²) in [6.45, 7) is 4.68. The van der Waals surface area contributed by atoms with E-state index in [4.69, 9.17) is 4.42 Å². The maximum Gasteiger partial charge on any atom is 0.146 e.